The first-order valence-electron chi connectivity index (χ1n) is 10.5. The second kappa shape index (κ2) is 11.1. The van der Waals surface area contributed by atoms with Crippen LogP contribution >= 0.6 is 11.6 Å². The summed E-state index contributed by atoms with van der Waals surface area (Å²) in [6.45, 7) is 2.98. The fraction of sp³-hybridized carbons (Fsp3) is 0.435. The summed E-state index contributed by atoms with van der Waals surface area (Å²) < 4.78 is 35.3. The number of aldehydes is 1. The van der Waals surface area contributed by atoms with E-state index in [-0.39, 0.29) is 30.7 Å². The van der Waals surface area contributed by atoms with E-state index in [4.69, 9.17) is 21.1 Å². The summed E-state index contributed by atoms with van der Waals surface area (Å²) in [5.74, 6) is 1.10. The highest BCUT2D eigenvalue weighted by Gasteiger charge is 2.33. The molecule has 1 N–H and O–H groups in total. The molecule has 7 nitrogen and oxygen atoms in total. The number of aliphatic hydroxyl groups excluding tert-OH is 1. The van der Waals surface area contributed by atoms with Gasteiger partial charge >= 0.3 is 0 Å². The lowest BCUT2D eigenvalue weighted by atomic mass is 10.1. The van der Waals surface area contributed by atoms with Crippen LogP contribution in [0.15, 0.2) is 42.5 Å². The molecule has 0 radical (unpaired) electrons. The molecule has 3 rings (SSSR count). The normalized spacial score (nSPS) is 18.4. The van der Waals surface area contributed by atoms with Gasteiger partial charge in [-0.05, 0) is 49.2 Å². The third kappa shape index (κ3) is 6.93. The van der Waals surface area contributed by atoms with E-state index in [2.05, 4.69) is 0 Å². The van der Waals surface area contributed by atoms with Gasteiger partial charge in [0.05, 0.1) is 18.1 Å². The molecule has 0 saturated carbocycles. The zero-order chi connectivity index (χ0) is 23.1. The van der Waals surface area contributed by atoms with Gasteiger partial charge in [-0.3, -0.25) is 9.69 Å². The third-order valence-electron chi connectivity index (χ3n) is 5.30. The van der Waals surface area contributed by atoms with Crippen molar-refractivity contribution < 1.29 is 27.8 Å². The zero-order valence-electron chi connectivity index (χ0n) is 17.9. The summed E-state index contributed by atoms with van der Waals surface area (Å²) >= 11 is 5.97. The van der Waals surface area contributed by atoms with Crippen LogP contribution in [0.25, 0.3) is 0 Å². The van der Waals surface area contributed by atoms with Crippen molar-refractivity contribution in [3.05, 3.63) is 58.6 Å². The van der Waals surface area contributed by atoms with Crippen LogP contribution in [0.1, 0.15) is 29.3 Å². The number of halogens is 1. The van der Waals surface area contributed by atoms with Gasteiger partial charge in [-0.1, -0.05) is 23.7 Å². The number of sulfone groups is 1. The Morgan fingerprint density at radius 3 is 2.56 bits per heavy atom. The minimum Gasteiger partial charge on any atom is -0.490 e. The van der Waals surface area contributed by atoms with Crippen LogP contribution < -0.4 is 9.47 Å². The first-order valence-corrected chi connectivity index (χ1v) is 12.7. The molecule has 0 bridgehead atoms. The number of benzene rings is 2. The molecule has 1 aliphatic rings. The Bertz CT molecular complexity index is 1010. The summed E-state index contributed by atoms with van der Waals surface area (Å²) in [7, 11) is -3.07. The van der Waals surface area contributed by atoms with Crippen LogP contribution in [0.2, 0.25) is 5.02 Å². The van der Waals surface area contributed by atoms with E-state index in [9.17, 15) is 18.3 Å². The van der Waals surface area contributed by atoms with Crippen molar-refractivity contribution in [2.45, 2.75) is 32.0 Å². The molecule has 0 amide bonds. The zero-order valence-corrected chi connectivity index (χ0v) is 19.5. The molecule has 0 aromatic heterocycles. The maximum atomic E-state index is 12.0. The fourth-order valence-electron chi connectivity index (χ4n) is 3.73. The second-order valence-electron chi connectivity index (χ2n) is 7.83. The van der Waals surface area contributed by atoms with Crippen molar-refractivity contribution in [3.8, 4) is 11.5 Å². The molecule has 1 saturated heterocycles. The van der Waals surface area contributed by atoms with Gasteiger partial charge in [0.2, 0.25) is 0 Å². The quantitative estimate of drug-likeness (QED) is 0.493. The Morgan fingerprint density at radius 2 is 1.94 bits per heavy atom. The van der Waals surface area contributed by atoms with Gasteiger partial charge in [0.1, 0.15) is 19.0 Å². The summed E-state index contributed by atoms with van der Waals surface area (Å²) in [4.78, 5) is 13.0. The van der Waals surface area contributed by atoms with Crippen LogP contribution in [-0.4, -0.2) is 68.1 Å². The SMILES string of the molecule is CCOc1cc(C=O)ccc1OCC(O)CN(Cc1ccc(Cl)cc1)C1CCS(=O)(=O)C1. The molecule has 9 heteroatoms. The molecule has 2 atom stereocenters. The molecule has 2 unspecified atom stereocenters. The Hall–Kier alpha value is -2.13. The van der Waals surface area contributed by atoms with Crippen LogP contribution in [0.4, 0.5) is 0 Å². The Balaban J connectivity index is 1.67. The van der Waals surface area contributed by atoms with Gasteiger partial charge < -0.3 is 14.6 Å². The van der Waals surface area contributed by atoms with Crippen LogP contribution in [0.3, 0.4) is 0 Å². The Labute approximate surface area is 193 Å². The molecule has 2 aromatic carbocycles. The smallest absolute Gasteiger partial charge is 0.161 e. The largest absolute Gasteiger partial charge is 0.490 e. The number of rotatable bonds is 11. The first-order chi connectivity index (χ1) is 15.3. The molecular formula is C23H28ClNO6S. The lowest BCUT2D eigenvalue weighted by molar-refractivity contribution is 0.0515. The Kier molecular flexibility index (Phi) is 8.53. The van der Waals surface area contributed by atoms with Crippen molar-refractivity contribution in [2.75, 3.05) is 31.3 Å². The molecule has 0 spiro atoms. The molecule has 1 aliphatic heterocycles. The standard InChI is InChI=1S/C23H28ClNO6S/c1-2-30-23-11-18(14-26)5-8-22(23)31-15-21(27)13-25(20-9-10-32(28,29)16-20)12-17-3-6-19(24)7-4-17/h3-8,11,14,20-21,27H,2,9-10,12-13,15-16H2,1H3. The van der Waals surface area contributed by atoms with Gasteiger partial charge in [0.15, 0.2) is 21.3 Å². The van der Waals surface area contributed by atoms with Crippen LogP contribution in [0, 0.1) is 0 Å². The number of carbonyl (C=O) groups excluding carboxylic acids is 1. The molecule has 2 aromatic rings. The summed E-state index contributed by atoms with van der Waals surface area (Å²) in [5.41, 5.74) is 1.45. The summed E-state index contributed by atoms with van der Waals surface area (Å²) in [6, 6.07) is 12.0. The fourth-order valence-corrected chi connectivity index (χ4v) is 5.61. The highest BCUT2D eigenvalue weighted by atomic mass is 35.5. The van der Waals surface area contributed by atoms with E-state index in [1.807, 2.05) is 24.0 Å². The van der Waals surface area contributed by atoms with E-state index in [0.29, 0.717) is 41.7 Å². The lowest BCUT2D eigenvalue weighted by Crippen LogP contribution is -2.42. The van der Waals surface area contributed by atoms with Gasteiger partial charge in [-0.15, -0.1) is 0 Å². The third-order valence-corrected chi connectivity index (χ3v) is 7.31. The van der Waals surface area contributed by atoms with E-state index >= 15 is 0 Å². The van der Waals surface area contributed by atoms with E-state index in [1.54, 1.807) is 30.3 Å². The van der Waals surface area contributed by atoms with Gasteiger partial charge in [-0.2, -0.15) is 0 Å². The predicted molar refractivity (Wildman–Crippen MR) is 123 cm³/mol. The summed E-state index contributed by atoms with van der Waals surface area (Å²) in [6.07, 6.45) is 0.405. The van der Waals surface area contributed by atoms with Crippen molar-refractivity contribution in [2.24, 2.45) is 0 Å². The molecule has 0 aliphatic carbocycles. The summed E-state index contributed by atoms with van der Waals surface area (Å²) in [5, 5.41) is 11.3. The topological polar surface area (TPSA) is 93.1 Å². The van der Waals surface area contributed by atoms with Crippen molar-refractivity contribution in [3.63, 3.8) is 0 Å². The van der Waals surface area contributed by atoms with Gasteiger partial charge in [0, 0.05) is 29.7 Å². The number of ether oxygens (including phenoxy) is 2. The average molecular weight is 482 g/mol. The monoisotopic (exact) mass is 481 g/mol. The van der Waals surface area contributed by atoms with Crippen LogP contribution in [-0.2, 0) is 16.4 Å². The maximum Gasteiger partial charge on any atom is 0.161 e. The number of carbonyl (C=O) groups is 1. The minimum atomic E-state index is -3.07. The Morgan fingerprint density at radius 1 is 1.19 bits per heavy atom. The highest BCUT2D eigenvalue weighted by molar-refractivity contribution is 7.91. The molecular weight excluding hydrogens is 454 g/mol. The maximum absolute atomic E-state index is 12.0. The van der Waals surface area contributed by atoms with Crippen molar-refractivity contribution >= 4 is 27.7 Å². The molecule has 32 heavy (non-hydrogen) atoms. The minimum absolute atomic E-state index is 0.00288. The van der Waals surface area contributed by atoms with Crippen LogP contribution in [0.5, 0.6) is 11.5 Å². The van der Waals surface area contributed by atoms with Gasteiger partial charge in [-0.25, -0.2) is 8.42 Å². The van der Waals surface area contributed by atoms with E-state index in [0.717, 1.165) is 11.8 Å². The van der Waals surface area contributed by atoms with Crippen molar-refractivity contribution in [1.82, 2.24) is 4.90 Å². The van der Waals surface area contributed by atoms with Gasteiger partial charge in [0.25, 0.3) is 0 Å². The highest BCUT2D eigenvalue weighted by Crippen LogP contribution is 2.28. The lowest BCUT2D eigenvalue weighted by Gasteiger charge is -2.30. The molecule has 174 valence electrons. The van der Waals surface area contributed by atoms with E-state index < -0.39 is 15.9 Å². The number of hydrogen-bond acceptors (Lipinski definition) is 7. The number of hydrogen-bond donors (Lipinski definition) is 1. The predicted octanol–water partition coefficient (Wildman–Crippen LogP) is 2.98. The van der Waals surface area contributed by atoms with E-state index in [1.165, 1.54) is 0 Å². The number of aliphatic hydroxyl groups is 1. The average Bonchev–Trinajstić information content (AvgIpc) is 3.13. The number of nitrogens with zero attached hydrogens (tertiary/aromatic N) is 1. The van der Waals surface area contributed by atoms with Crippen molar-refractivity contribution in [1.29, 1.82) is 0 Å². The molecule has 1 fully saturated rings. The molecule has 1 heterocycles. The first kappa shape index (κ1) is 24.5. The second-order valence-corrected chi connectivity index (χ2v) is 10.5.